The summed E-state index contributed by atoms with van der Waals surface area (Å²) in [6.07, 6.45) is -0.619. The predicted molar refractivity (Wildman–Crippen MR) is 81.8 cm³/mol. The van der Waals surface area contributed by atoms with Gasteiger partial charge in [0.15, 0.2) is 0 Å². The first-order valence-electron chi connectivity index (χ1n) is 7.77. The second-order valence-corrected chi connectivity index (χ2v) is 6.25. The number of fused-ring (bicyclic) bond motifs is 1. The van der Waals surface area contributed by atoms with E-state index in [1.54, 1.807) is 13.8 Å². The fraction of sp³-hybridized carbons (Fsp3) is 0.412. The highest BCUT2D eigenvalue weighted by Gasteiger charge is 2.30. The van der Waals surface area contributed by atoms with E-state index in [0.29, 0.717) is 24.4 Å². The Morgan fingerprint density at radius 1 is 1.29 bits per heavy atom. The lowest BCUT2D eigenvalue weighted by Crippen LogP contribution is -2.43. The van der Waals surface area contributed by atoms with E-state index >= 15 is 0 Å². The average Bonchev–Trinajstić information content (AvgIpc) is 2.95. The maximum Gasteiger partial charge on any atom is 0.252 e. The third kappa shape index (κ3) is 3.17. The van der Waals surface area contributed by atoms with Crippen molar-refractivity contribution in [2.45, 2.75) is 32.9 Å². The van der Waals surface area contributed by atoms with Gasteiger partial charge in [0.2, 0.25) is 5.89 Å². The van der Waals surface area contributed by atoms with Crippen molar-refractivity contribution in [1.82, 2.24) is 9.88 Å². The van der Waals surface area contributed by atoms with Crippen molar-refractivity contribution in [3.8, 4) is 11.5 Å². The molecular weight excluding hydrogens is 318 g/mol. The largest absolute Gasteiger partial charge is 0.441 e. The second kappa shape index (κ2) is 6.32. The van der Waals surface area contributed by atoms with Crippen molar-refractivity contribution in [3.63, 3.8) is 0 Å². The van der Waals surface area contributed by atoms with E-state index in [2.05, 4.69) is 4.98 Å². The number of oxazole rings is 1. The minimum absolute atomic E-state index is 0.122. The number of rotatable bonds is 3. The maximum absolute atomic E-state index is 13.3. The normalized spacial score (nSPS) is 15.5. The first-order chi connectivity index (χ1) is 11.3. The zero-order valence-electron chi connectivity index (χ0n) is 13.4. The molecule has 0 bridgehead atoms. The highest BCUT2D eigenvalue weighted by atomic mass is 19.1. The molecule has 2 heterocycles. The van der Waals surface area contributed by atoms with Crippen LogP contribution in [0.3, 0.4) is 0 Å². The lowest BCUT2D eigenvalue weighted by molar-refractivity contribution is -0.143. The molecule has 0 fully saturated rings. The van der Waals surface area contributed by atoms with Gasteiger partial charge in [-0.1, -0.05) is 13.8 Å². The van der Waals surface area contributed by atoms with Gasteiger partial charge in [-0.2, -0.15) is 0 Å². The predicted octanol–water partition coefficient (Wildman–Crippen LogP) is 2.52. The number of benzene rings is 1. The summed E-state index contributed by atoms with van der Waals surface area (Å²) in [7, 11) is 0. The molecule has 2 aromatic rings. The molecule has 1 aromatic heterocycles. The molecule has 24 heavy (non-hydrogen) atoms. The first-order valence-corrected chi connectivity index (χ1v) is 7.77. The fourth-order valence-corrected chi connectivity index (χ4v) is 2.66. The Hall–Kier alpha value is -2.28. The molecule has 0 saturated carbocycles. The van der Waals surface area contributed by atoms with E-state index in [-0.39, 0.29) is 29.8 Å². The quantitative estimate of drug-likeness (QED) is 0.935. The van der Waals surface area contributed by atoms with E-state index in [4.69, 9.17) is 4.42 Å². The van der Waals surface area contributed by atoms with Crippen molar-refractivity contribution in [2.24, 2.45) is 5.92 Å². The molecule has 1 atom stereocenters. The van der Waals surface area contributed by atoms with Gasteiger partial charge in [0.1, 0.15) is 29.2 Å². The highest BCUT2D eigenvalue weighted by Crippen LogP contribution is 2.27. The van der Waals surface area contributed by atoms with E-state index in [1.165, 1.54) is 4.90 Å². The molecule has 5 nitrogen and oxygen atoms in total. The van der Waals surface area contributed by atoms with Crippen LogP contribution in [0.5, 0.6) is 0 Å². The summed E-state index contributed by atoms with van der Waals surface area (Å²) in [5, 5.41) is 9.92. The molecule has 128 valence electrons. The Kier molecular flexibility index (Phi) is 4.36. The number of nitrogens with zero attached hydrogens (tertiary/aromatic N) is 2. The summed E-state index contributed by atoms with van der Waals surface area (Å²) in [5.41, 5.74) is 0.757. The third-order valence-electron chi connectivity index (χ3n) is 4.03. The number of carbonyl (C=O) groups excluding carboxylic acids is 1. The molecule has 1 aliphatic rings. The van der Waals surface area contributed by atoms with E-state index < -0.39 is 17.7 Å². The van der Waals surface area contributed by atoms with Gasteiger partial charge in [0, 0.05) is 24.6 Å². The minimum Gasteiger partial charge on any atom is -0.441 e. The van der Waals surface area contributed by atoms with Gasteiger partial charge in [-0.25, -0.2) is 13.8 Å². The molecule has 0 radical (unpaired) electrons. The van der Waals surface area contributed by atoms with Crippen LogP contribution in [0.25, 0.3) is 11.5 Å². The topological polar surface area (TPSA) is 66.6 Å². The van der Waals surface area contributed by atoms with Gasteiger partial charge in [0.05, 0.1) is 6.54 Å². The smallest absolute Gasteiger partial charge is 0.252 e. The number of hydrogen-bond acceptors (Lipinski definition) is 4. The number of aliphatic hydroxyl groups excluding tert-OH is 1. The van der Waals surface area contributed by atoms with Crippen molar-refractivity contribution in [3.05, 3.63) is 41.3 Å². The van der Waals surface area contributed by atoms with Crippen molar-refractivity contribution < 1.29 is 23.1 Å². The Bertz CT molecular complexity index is 753. The van der Waals surface area contributed by atoms with Gasteiger partial charge in [-0.3, -0.25) is 4.79 Å². The molecule has 0 saturated heterocycles. The van der Waals surface area contributed by atoms with Crippen LogP contribution in [-0.2, 0) is 17.8 Å². The Morgan fingerprint density at radius 3 is 2.58 bits per heavy atom. The van der Waals surface area contributed by atoms with Gasteiger partial charge >= 0.3 is 0 Å². The van der Waals surface area contributed by atoms with Gasteiger partial charge in [-0.05, 0) is 18.1 Å². The molecule has 1 aromatic carbocycles. The molecule has 7 heteroatoms. The van der Waals surface area contributed by atoms with Gasteiger partial charge in [0.25, 0.3) is 5.91 Å². The lowest BCUT2D eigenvalue weighted by atomic mass is 10.0. The summed E-state index contributed by atoms with van der Waals surface area (Å²) in [6.45, 7) is 4.15. The van der Waals surface area contributed by atoms with Crippen LogP contribution >= 0.6 is 0 Å². The summed E-state index contributed by atoms with van der Waals surface area (Å²) in [6, 6.07) is 3.07. The summed E-state index contributed by atoms with van der Waals surface area (Å²) >= 11 is 0. The lowest BCUT2D eigenvalue weighted by Gasteiger charge is -2.28. The summed E-state index contributed by atoms with van der Waals surface area (Å²) in [4.78, 5) is 18.0. The van der Waals surface area contributed by atoms with Gasteiger partial charge < -0.3 is 14.4 Å². The van der Waals surface area contributed by atoms with Crippen LogP contribution in [-0.4, -0.2) is 33.5 Å². The van der Waals surface area contributed by atoms with Gasteiger partial charge in [-0.15, -0.1) is 0 Å². The zero-order valence-corrected chi connectivity index (χ0v) is 13.4. The van der Waals surface area contributed by atoms with Crippen LogP contribution in [0.15, 0.2) is 22.6 Å². The molecule has 0 unspecified atom stereocenters. The van der Waals surface area contributed by atoms with Crippen LogP contribution in [0.4, 0.5) is 8.78 Å². The molecule has 1 N–H and O–H groups in total. The average molecular weight is 336 g/mol. The fourth-order valence-electron chi connectivity index (χ4n) is 2.66. The van der Waals surface area contributed by atoms with Crippen molar-refractivity contribution in [2.75, 3.05) is 6.54 Å². The summed E-state index contributed by atoms with van der Waals surface area (Å²) < 4.78 is 32.3. The first kappa shape index (κ1) is 16.6. The second-order valence-electron chi connectivity index (χ2n) is 6.25. The maximum atomic E-state index is 13.3. The van der Waals surface area contributed by atoms with Crippen molar-refractivity contribution in [1.29, 1.82) is 0 Å². The molecule has 0 spiro atoms. The molecule has 3 rings (SSSR count). The number of carbonyl (C=O) groups is 1. The van der Waals surface area contributed by atoms with Crippen molar-refractivity contribution >= 4 is 5.91 Å². The zero-order chi connectivity index (χ0) is 17.4. The molecule has 0 aliphatic carbocycles. The number of aromatic nitrogens is 1. The molecule has 1 amide bonds. The number of amides is 1. The molecule has 1 aliphatic heterocycles. The Morgan fingerprint density at radius 2 is 1.96 bits per heavy atom. The Labute approximate surface area is 137 Å². The SMILES string of the molecule is CC(C)[C@@H](O)C(=O)N1CCc2oc(-c3cc(F)cc(F)c3)nc2C1. The monoisotopic (exact) mass is 336 g/mol. The minimum atomic E-state index is -1.06. The van der Waals surface area contributed by atoms with E-state index in [9.17, 15) is 18.7 Å². The highest BCUT2D eigenvalue weighted by molar-refractivity contribution is 5.81. The van der Waals surface area contributed by atoms with E-state index in [1.807, 2.05) is 0 Å². The number of aliphatic hydroxyl groups is 1. The van der Waals surface area contributed by atoms with E-state index in [0.717, 1.165) is 18.2 Å². The summed E-state index contributed by atoms with van der Waals surface area (Å²) in [5.74, 6) is -1.23. The third-order valence-corrected chi connectivity index (χ3v) is 4.03. The standard InChI is InChI=1S/C17H18F2N2O3/c1-9(2)15(22)17(23)21-4-3-14-13(8-21)20-16(24-14)10-5-11(18)7-12(19)6-10/h5-7,9,15,22H,3-4,8H2,1-2H3/t15-/m1/s1. The van der Waals surface area contributed by atoms with Crippen LogP contribution in [0.2, 0.25) is 0 Å². The number of hydrogen-bond donors (Lipinski definition) is 1. The van der Waals surface area contributed by atoms with Crippen LogP contribution in [0.1, 0.15) is 25.3 Å². The molecular formula is C17H18F2N2O3. The number of halogens is 2. The Balaban J connectivity index is 1.83. The van der Waals surface area contributed by atoms with Crippen LogP contribution < -0.4 is 0 Å². The van der Waals surface area contributed by atoms with Crippen LogP contribution in [0, 0.1) is 17.6 Å².